The maximum Gasteiger partial charge on any atom is 0.415 e. The van der Waals surface area contributed by atoms with Gasteiger partial charge in [-0.2, -0.15) is 0 Å². The monoisotopic (exact) mass is 405 g/mol. The Morgan fingerprint density at radius 3 is 2.83 bits per heavy atom. The number of ether oxygens (including phenoxy) is 1. The molecule has 9 heteroatoms. The minimum Gasteiger partial charge on any atom is -0.447 e. The van der Waals surface area contributed by atoms with Crippen LogP contribution in [0.4, 0.5) is 28.1 Å². The van der Waals surface area contributed by atoms with Crippen molar-refractivity contribution in [2.45, 2.75) is 25.3 Å². The molecule has 1 amide bonds. The Hall–Kier alpha value is -3.46. The number of carbonyl (C=O) groups excluding carboxylic acids is 1. The van der Waals surface area contributed by atoms with Gasteiger partial charge in [-0.05, 0) is 47.6 Å². The summed E-state index contributed by atoms with van der Waals surface area (Å²) < 4.78 is 5.00. The summed E-state index contributed by atoms with van der Waals surface area (Å²) in [6.07, 6.45) is 6.56. The minimum absolute atomic E-state index is 0.0132. The van der Waals surface area contributed by atoms with Gasteiger partial charge in [-0.3, -0.25) is 4.90 Å². The second-order valence-corrected chi connectivity index (χ2v) is 7.81. The van der Waals surface area contributed by atoms with Crippen molar-refractivity contribution in [1.82, 2.24) is 15.0 Å². The van der Waals surface area contributed by atoms with Crippen molar-refractivity contribution >= 4 is 40.1 Å². The molecule has 1 atom stereocenters. The van der Waals surface area contributed by atoms with Crippen molar-refractivity contribution in [3.63, 3.8) is 0 Å². The predicted octanol–water partition coefficient (Wildman–Crippen LogP) is 3.11. The third kappa shape index (κ3) is 3.71. The third-order valence-electron chi connectivity index (χ3n) is 5.52. The average Bonchev–Trinajstić information content (AvgIpc) is 3.45. The van der Waals surface area contributed by atoms with Crippen LogP contribution in [0.15, 0.2) is 36.7 Å². The lowest BCUT2D eigenvalue weighted by Gasteiger charge is -2.15. The van der Waals surface area contributed by atoms with Gasteiger partial charge >= 0.3 is 6.09 Å². The zero-order valence-electron chi connectivity index (χ0n) is 16.4. The van der Waals surface area contributed by atoms with Crippen LogP contribution >= 0.6 is 0 Å². The maximum atomic E-state index is 11.9. The van der Waals surface area contributed by atoms with Crippen molar-refractivity contribution in [1.29, 1.82) is 0 Å². The van der Waals surface area contributed by atoms with Crippen LogP contribution in [0.2, 0.25) is 0 Å². The Morgan fingerprint density at radius 1 is 1.23 bits per heavy atom. The fraction of sp³-hybridized carbons (Fsp3) is 0.333. The molecule has 30 heavy (non-hydrogen) atoms. The number of pyridine rings is 3. The summed E-state index contributed by atoms with van der Waals surface area (Å²) in [5, 5.41) is 4.76. The molecular weight excluding hydrogens is 382 g/mol. The highest BCUT2D eigenvalue weighted by Crippen LogP contribution is 2.37. The first-order valence-corrected chi connectivity index (χ1v) is 10.1. The summed E-state index contributed by atoms with van der Waals surface area (Å²) >= 11 is 0. The number of nitrogens with one attached hydrogen (secondary N) is 1. The summed E-state index contributed by atoms with van der Waals surface area (Å²) in [6, 6.07) is 7.60. The number of cyclic esters (lactones) is 1. The summed E-state index contributed by atoms with van der Waals surface area (Å²) in [5.41, 5.74) is 13.5. The molecule has 1 unspecified atom stereocenters. The van der Waals surface area contributed by atoms with Crippen LogP contribution in [0.1, 0.15) is 30.9 Å². The molecule has 4 heterocycles. The quantitative estimate of drug-likeness (QED) is 0.570. The highest BCUT2D eigenvalue weighted by molar-refractivity contribution is 5.97. The fourth-order valence-electron chi connectivity index (χ4n) is 3.69. The van der Waals surface area contributed by atoms with Crippen LogP contribution in [0.5, 0.6) is 0 Å². The van der Waals surface area contributed by atoms with Crippen LogP contribution in [0.25, 0.3) is 10.8 Å². The van der Waals surface area contributed by atoms with E-state index in [4.69, 9.17) is 16.2 Å². The molecule has 1 saturated carbocycles. The molecule has 2 aliphatic rings. The number of hydrogen-bond donors (Lipinski definition) is 3. The predicted molar refractivity (Wildman–Crippen MR) is 114 cm³/mol. The molecule has 0 bridgehead atoms. The zero-order valence-corrected chi connectivity index (χ0v) is 16.4. The van der Waals surface area contributed by atoms with Crippen molar-refractivity contribution < 1.29 is 9.53 Å². The number of anilines is 4. The van der Waals surface area contributed by atoms with E-state index in [0.717, 1.165) is 23.3 Å². The van der Waals surface area contributed by atoms with Gasteiger partial charge < -0.3 is 21.5 Å². The number of nitrogens with zero attached hydrogens (tertiary/aromatic N) is 4. The van der Waals surface area contributed by atoms with Gasteiger partial charge in [0.15, 0.2) is 0 Å². The molecule has 3 aromatic rings. The van der Waals surface area contributed by atoms with Gasteiger partial charge in [-0.25, -0.2) is 19.7 Å². The van der Waals surface area contributed by atoms with Gasteiger partial charge in [0.25, 0.3) is 0 Å². The lowest BCUT2D eigenvalue weighted by atomic mass is 10.0. The standard InChI is InChI=1S/C21H23N7O2/c22-16(7-12-1-2-12)13-3-4-24-17(8-13)26-18-9-14-10-19(28-5-6-30-21(28)29)27-20(23)15(14)11-25-18/h3-4,8-12,16H,1-2,5-7,22H2,(H2,23,27)(H,24,25,26). The van der Waals surface area contributed by atoms with E-state index < -0.39 is 6.09 Å². The number of aromatic nitrogens is 3. The number of amides is 1. The first-order valence-electron chi connectivity index (χ1n) is 10.1. The molecule has 0 spiro atoms. The molecular formula is C21H23N7O2. The molecule has 2 fully saturated rings. The fourth-order valence-corrected chi connectivity index (χ4v) is 3.69. The molecule has 1 aliphatic carbocycles. The average molecular weight is 405 g/mol. The van der Waals surface area contributed by atoms with Gasteiger partial charge in [-0.15, -0.1) is 0 Å². The molecule has 5 N–H and O–H groups in total. The van der Waals surface area contributed by atoms with Crippen LogP contribution in [0.3, 0.4) is 0 Å². The first-order chi connectivity index (χ1) is 14.6. The van der Waals surface area contributed by atoms with E-state index in [1.165, 1.54) is 17.7 Å². The zero-order chi connectivity index (χ0) is 20.7. The molecule has 1 aliphatic heterocycles. The summed E-state index contributed by atoms with van der Waals surface area (Å²) in [7, 11) is 0. The Labute approximate surface area is 173 Å². The van der Waals surface area contributed by atoms with Gasteiger partial charge in [0.05, 0.1) is 6.54 Å². The van der Waals surface area contributed by atoms with E-state index in [-0.39, 0.29) is 6.04 Å². The highest BCUT2D eigenvalue weighted by atomic mass is 16.6. The smallest absolute Gasteiger partial charge is 0.415 e. The number of nitrogen functional groups attached to an aromatic ring is 1. The van der Waals surface area contributed by atoms with Crippen molar-refractivity contribution in [3.05, 3.63) is 42.2 Å². The molecule has 154 valence electrons. The van der Waals surface area contributed by atoms with Crippen LogP contribution < -0.4 is 21.7 Å². The number of carbonyl (C=O) groups is 1. The number of hydrogen-bond acceptors (Lipinski definition) is 8. The largest absolute Gasteiger partial charge is 0.447 e. The summed E-state index contributed by atoms with van der Waals surface area (Å²) in [6.45, 7) is 0.789. The normalized spacial score (nSPS) is 17.2. The number of rotatable bonds is 6. The van der Waals surface area contributed by atoms with Crippen molar-refractivity contribution in [2.75, 3.05) is 29.1 Å². The highest BCUT2D eigenvalue weighted by Gasteiger charge is 2.26. The minimum atomic E-state index is -0.419. The molecule has 0 radical (unpaired) electrons. The van der Waals surface area contributed by atoms with E-state index >= 15 is 0 Å². The van der Waals surface area contributed by atoms with Crippen LogP contribution in [-0.4, -0.2) is 34.2 Å². The lowest BCUT2D eigenvalue weighted by molar-refractivity contribution is 0.181. The lowest BCUT2D eigenvalue weighted by Crippen LogP contribution is -2.24. The summed E-state index contributed by atoms with van der Waals surface area (Å²) in [5.74, 6) is 2.82. The molecule has 1 saturated heterocycles. The first kappa shape index (κ1) is 18.6. The van der Waals surface area contributed by atoms with E-state index in [1.807, 2.05) is 18.2 Å². The SMILES string of the molecule is Nc1nc(N2CCOC2=O)cc2cc(Nc3cc(C(N)CC4CC4)ccn3)ncc12. The molecule has 9 nitrogen and oxygen atoms in total. The van der Waals surface area contributed by atoms with Gasteiger partial charge in [0, 0.05) is 23.8 Å². The molecule has 0 aromatic carbocycles. The Bertz CT molecular complexity index is 1120. The topological polar surface area (TPSA) is 132 Å². The summed E-state index contributed by atoms with van der Waals surface area (Å²) in [4.78, 5) is 26.5. The van der Waals surface area contributed by atoms with Crippen LogP contribution in [0, 0.1) is 5.92 Å². The number of fused-ring (bicyclic) bond motifs is 1. The van der Waals surface area contributed by atoms with Gasteiger partial charge in [0.2, 0.25) is 0 Å². The molecule has 5 rings (SSSR count). The van der Waals surface area contributed by atoms with E-state index in [1.54, 1.807) is 18.5 Å². The van der Waals surface area contributed by atoms with Crippen molar-refractivity contribution in [2.24, 2.45) is 11.7 Å². The van der Waals surface area contributed by atoms with E-state index in [0.29, 0.717) is 41.8 Å². The Morgan fingerprint density at radius 2 is 2.07 bits per heavy atom. The van der Waals surface area contributed by atoms with E-state index in [2.05, 4.69) is 20.3 Å². The van der Waals surface area contributed by atoms with E-state index in [9.17, 15) is 4.79 Å². The second-order valence-electron chi connectivity index (χ2n) is 7.81. The third-order valence-corrected chi connectivity index (χ3v) is 5.52. The second kappa shape index (κ2) is 7.42. The number of nitrogens with two attached hydrogens (primary N) is 2. The Balaban J connectivity index is 1.41. The maximum absolute atomic E-state index is 11.9. The van der Waals surface area contributed by atoms with Gasteiger partial charge in [-0.1, -0.05) is 12.8 Å². The Kier molecular flexibility index (Phi) is 4.59. The van der Waals surface area contributed by atoms with Gasteiger partial charge in [0.1, 0.15) is 29.9 Å². The molecule has 3 aromatic heterocycles. The van der Waals surface area contributed by atoms with Crippen molar-refractivity contribution in [3.8, 4) is 0 Å². The van der Waals surface area contributed by atoms with Crippen LogP contribution in [-0.2, 0) is 4.74 Å².